The van der Waals surface area contributed by atoms with Gasteiger partial charge in [-0.2, -0.15) is 0 Å². The number of carbonyl (C=O) groups is 2. The highest BCUT2D eigenvalue weighted by Gasteiger charge is 2.51. The van der Waals surface area contributed by atoms with E-state index in [4.69, 9.17) is 23.3 Å². The van der Waals surface area contributed by atoms with E-state index >= 15 is 0 Å². The van der Waals surface area contributed by atoms with Crippen molar-refractivity contribution in [3.8, 4) is 0 Å². The molecule has 1 rings (SSSR count). The lowest BCUT2D eigenvalue weighted by Crippen LogP contribution is -2.49. The first-order chi connectivity index (χ1) is 28.1. The summed E-state index contributed by atoms with van der Waals surface area (Å²) in [5.74, 6) is -0.858. The second kappa shape index (κ2) is 32.5. The van der Waals surface area contributed by atoms with Crippen molar-refractivity contribution in [2.75, 3.05) is 54.1 Å². The van der Waals surface area contributed by atoms with E-state index in [2.05, 4.69) is 6.92 Å². The Morgan fingerprint density at radius 1 is 0.678 bits per heavy atom. The summed E-state index contributed by atoms with van der Waals surface area (Å²) in [7, 11) is 1.14. The molecular weight excluding hydrogens is 771 g/mol. The van der Waals surface area contributed by atoms with Gasteiger partial charge in [0.15, 0.2) is 6.10 Å². The summed E-state index contributed by atoms with van der Waals surface area (Å²) in [6, 6.07) is 0. The van der Waals surface area contributed by atoms with Gasteiger partial charge in [-0.05, 0) is 46.0 Å². The fraction of sp³-hybridized carbons (Fsp3) is 0.957. The molecule has 0 spiro atoms. The number of hydrogen-bond acceptors (Lipinski definition) is 10. The van der Waals surface area contributed by atoms with Crippen LogP contribution in [-0.4, -0.2) is 93.0 Å². The molecule has 349 valence electrons. The molecule has 3 atom stereocenters. The molecule has 1 heterocycles. The fourth-order valence-corrected chi connectivity index (χ4v) is 8.29. The lowest BCUT2D eigenvalue weighted by atomic mass is 9.98. The van der Waals surface area contributed by atoms with Crippen LogP contribution in [0.3, 0.4) is 0 Å². The second-order valence-corrected chi connectivity index (χ2v) is 20.2. The largest absolute Gasteiger partial charge is 0.756 e. The zero-order chi connectivity index (χ0) is 43.9. The van der Waals surface area contributed by atoms with Gasteiger partial charge in [0.1, 0.15) is 25.5 Å². The van der Waals surface area contributed by atoms with Gasteiger partial charge in [0.25, 0.3) is 7.82 Å². The number of nitrogens with zero attached hydrogens (tertiary/aromatic N) is 2. The Hall–Kier alpha value is -1.11. The SMILES string of the molecule is CCCCCCCCCCCCCCCC(=O)OC[C@@H](COP(=O)([O-])OCC[N+](C)(C)C)OC(=O)CCCCCCCCCCCCCCC1(CC)OCC(C)(C)N1[O]. The number of ether oxygens (including phenoxy) is 3. The molecule has 1 aliphatic rings. The van der Waals surface area contributed by atoms with Gasteiger partial charge in [0.2, 0.25) is 0 Å². The first-order valence-corrected chi connectivity index (χ1v) is 25.4. The van der Waals surface area contributed by atoms with E-state index in [-0.39, 0.29) is 26.1 Å². The number of rotatable bonds is 40. The number of hydrogen-bond donors (Lipinski definition) is 0. The Morgan fingerprint density at radius 2 is 1.12 bits per heavy atom. The molecule has 1 saturated heterocycles. The van der Waals surface area contributed by atoms with Crippen LogP contribution in [0.4, 0.5) is 0 Å². The van der Waals surface area contributed by atoms with Crippen LogP contribution in [0.25, 0.3) is 0 Å². The van der Waals surface area contributed by atoms with Gasteiger partial charge in [-0.15, -0.1) is 10.3 Å². The lowest BCUT2D eigenvalue weighted by Gasteiger charge is -2.34. The van der Waals surface area contributed by atoms with Crippen LogP contribution >= 0.6 is 7.82 Å². The third-order valence-electron chi connectivity index (χ3n) is 11.5. The molecule has 0 aromatic heterocycles. The quantitative estimate of drug-likeness (QED) is 0.0253. The Kier molecular flexibility index (Phi) is 30.8. The monoisotopic (exact) mass is 862 g/mol. The van der Waals surface area contributed by atoms with Gasteiger partial charge in [-0.25, -0.2) is 0 Å². The maximum atomic E-state index is 12.7. The molecule has 1 radical (unpaired) electrons. The van der Waals surface area contributed by atoms with Crippen molar-refractivity contribution in [2.24, 2.45) is 0 Å². The number of hydroxylamine groups is 2. The first-order valence-electron chi connectivity index (χ1n) is 23.9. The van der Waals surface area contributed by atoms with Crippen LogP contribution in [-0.2, 0) is 42.6 Å². The Balaban J connectivity index is 2.26. The van der Waals surface area contributed by atoms with Gasteiger partial charge in [-0.3, -0.25) is 14.2 Å². The number of phosphoric ester groups is 1. The summed E-state index contributed by atoms with van der Waals surface area (Å²) in [6.07, 6.45) is 29.9. The smallest absolute Gasteiger partial charge is 0.306 e. The Labute approximate surface area is 361 Å². The van der Waals surface area contributed by atoms with Crippen LogP contribution in [0.2, 0.25) is 0 Å². The topological polar surface area (TPSA) is 144 Å². The molecule has 1 fully saturated rings. The summed E-state index contributed by atoms with van der Waals surface area (Å²) in [4.78, 5) is 37.6. The van der Waals surface area contributed by atoms with Crippen LogP contribution < -0.4 is 4.89 Å². The summed E-state index contributed by atoms with van der Waals surface area (Å²) >= 11 is 0. The van der Waals surface area contributed by atoms with Gasteiger partial charge >= 0.3 is 11.9 Å². The van der Waals surface area contributed by atoms with Crippen molar-refractivity contribution >= 4 is 19.8 Å². The summed E-state index contributed by atoms with van der Waals surface area (Å²) in [5, 5.41) is 13.9. The number of quaternary nitrogens is 1. The number of phosphoric acid groups is 1. The van der Waals surface area contributed by atoms with E-state index in [1.165, 1.54) is 108 Å². The average molecular weight is 862 g/mol. The van der Waals surface area contributed by atoms with Gasteiger partial charge in [0.05, 0.1) is 39.9 Å². The van der Waals surface area contributed by atoms with E-state index in [0.717, 1.165) is 64.2 Å². The van der Waals surface area contributed by atoms with E-state index in [1.54, 1.807) is 0 Å². The van der Waals surface area contributed by atoms with Crippen LogP contribution in [0.5, 0.6) is 0 Å². The van der Waals surface area contributed by atoms with Crippen molar-refractivity contribution in [2.45, 2.75) is 231 Å². The molecule has 0 aromatic carbocycles. The molecule has 12 nitrogen and oxygen atoms in total. The highest BCUT2D eigenvalue weighted by atomic mass is 31.2. The van der Waals surface area contributed by atoms with Crippen molar-refractivity contribution in [3.05, 3.63) is 0 Å². The molecule has 0 aliphatic carbocycles. The fourth-order valence-electron chi connectivity index (χ4n) is 7.56. The molecule has 2 unspecified atom stereocenters. The summed E-state index contributed by atoms with van der Waals surface area (Å²) < 4.78 is 39.9. The van der Waals surface area contributed by atoms with Gasteiger partial charge in [0, 0.05) is 12.8 Å². The number of esters is 2. The van der Waals surface area contributed by atoms with Crippen molar-refractivity contribution in [3.63, 3.8) is 0 Å². The summed E-state index contributed by atoms with van der Waals surface area (Å²) in [6.45, 7) is 8.38. The minimum absolute atomic E-state index is 0.0395. The average Bonchev–Trinajstić information content (AvgIpc) is 3.41. The second-order valence-electron chi connectivity index (χ2n) is 18.8. The highest BCUT2D eigenvalue weighted by molar-refractivity contribution is 7.45. The standard InChI is InChI=1S/C46H90N2O10P/c1-8-10-11-12-13-14-15-16-19-22-25-28-31-34-43(49)54-39-42(40-57-59(52,53)56-38-37-48(5,6)7)58-44(50)35-32-29-26-23-20-17-18-21-24-27-30-33-36-46(9-2)47(51)45(3,4)41-55-46/h42H,8-41H2,1-7H3/t42-,46?/m0/s1. The molecule has 13 heteroatoms. The third kappa shape index (κ3) is 29.0. The van der Waals surface area contributed by atoms with E-state index in [0.29, 0.717) is 24.1 Å². The van der Waals surface area contributed by atoms with E-state index in [1.807, 2.05) is 41.9 Å². The Morgan fingerprint density at radius 3 is 1.54 bits per heavy atom. The molecule has 1 aliphatic heterocycles. The maximum Gasteiger partial charge on any atom is 0.306 e. The lowest BCUT2D eigenvalue weighted by molar-refractivity contribution is -0.870. The predicted molar refractivity (Wildman–Crippen MR) is 234 cm³/mol. The van der Waals surface area contributed by atoms with Crippen molar-refractivity contribution in [1.29, 1.82) is 0 Å². The van der Waals surface area contributed by atoms with E-state index < -0.39 is 43.7 Å². The van der Waals surface area contributed by atoms with Crippen LogP contribution in [0, 0.1) is 0 Å². The maximum absolute atomic E-state index is 12.7. The van der Waals surface area contributed by atoms with Gasteiger partial charge < -0.3 is 32.6 Å². The summed E-state index contributed by atoms with van der Waals surface area (Å²) in [5.41, 5.74) is -1.09. The van der Waals surface area contributed by atoms with Crippen molar-refractivity contribution in [1.82, 2.24) is 5.06 Å². The number of carbonyl (C=O) groups excluding carboxylic acids is 2. The molecule has 59 heavy (non-hydrogen) atoms. The zero-order valence-electron chi connectivity index (χ0n) is 39.0. The van der Waals surface area contributed by atoms with Crippen molar-refractivity contribution < 1.29 is 52.0 Å². The first kappa shape index (κ1) is 55.9. The van der Waals surface area contributed by atoms with Crippen LogP contribution in [0.1, 0.15) is 214 Å². The minimum Gasteiger partial charge on any atom is -0.756 e. The molecule has 0 N–H and O–H groups in total. The minimum atomic E-state index is -4.64. The molecule has 0 bridgehead atoms. The normalized spacial score (nSPS) is 18.5. The molecular formula is C46H90N2O10P. The molecule has 0 amide bonds. The van der Waals surface area contributed by atoms with Gasteiger partial charge in [-0.1, -0.05) is 155 Å². The number of likely N-dealkylation sites (N-methyl/N-ethyl adjacent to an activating group) is 1. The molecule has 0 saturated carbocycles. The molecule has 0 aromatic rings. The van der Waals surface area contributed by atoms with Crippen LogP contribution in [0.15, 0.2) is 0 Å². The Bertz CT molecular complexity index is 1120. The number of unbranched alkanes of at least 4 members (excludes halogenated alkanes) is 23. The highest BCUT2D eigenvalue weighted by Crippen LogP contribution is 2.40. The predicted octanol–water partition coefficient (Wildman–Crippen LogP) is 11.2. The zero-order valence-corrected chi connectivity index (χ0v) is 39.9. The van der Waals surface area contributed by atoms with E-state index in [9.17, 15) is 24.3 Å². The third-order valence-corrected chi connectivity index (χ3v) is 12.5.